The fraction of sp³-hybridized carbons (Fsp3) is 0.310. The summed E-state index contributed by atoms with van der Waals surface area (Å²) in [4.78, 5) is 18.3. The van der Waals surface area contributed by atoms with Gasteiger partial charge in [-0.15, -0.1) is 21.5 Å². The number of carbonyl (C=O) groups is 1. The number of hydrogen-bond donors (Lipinski definition) is 1. The second kappa shape index (κ2) is 10.5. The van der Waals surface area contributed by atoms with Gasteiger partial charge in [0.2, 0.25) is 0 Å². The van der Waals surface area contributed by atoms with E-state index in [2.05, 4.69) is 36.2 Å². The Morgan fingerprint density at radius 3 is 2.50 bits per heavy atom. The number of nitrogens with zero attached hydrogens (tertiary/aromatic N) is 4. The summed E-state index contributed by atoms with van der Waals surface area (Å²) in [6.45, 7) is 8.76. The molecule has 9 heteroatoms. The molecule has 4 aromatic rings. The number of rotatable bonds is 8. The molecule has 2 aromatic heterocycles. The smallest absolute Gasteiger partial charge is 0.308 e. The molecule has 0 saturated heterocycles. The van der Waals surface area contributed by atoms with E-state index in [1.54, 1.807) is 25.4 Å². The Hall–Kier alpha value is -3.82. The van der Waals surface area contributed by atoms with Crippen LogP contribution in [0.5, 0.6) is 5.75 Å². The van der Waals surface area contributed by atoms with Crippen LogP contribution in [0.15, 0.2) is 53.5 Å². The maximum Gasteiger partial charge on any atom is 0.308 e. The number of thiophene rings is 1. The molecule has 3 heterocycles. The van der Waals surface area contributed by atoms with Gasteiger partial charge in [-0.3, -0.25) is 14.4 Å². The van der Waals surface area contributed by atoms with Crippen LogP contribution in [0.25, 0.3) is 16.1 Å². The van der Waals surface area contributed by atoms with E-state index >= 15 is 0 Å². The van der Waals surface area contributed by atoms with Crippen LogP contribution in [0.1, 0.15) is 46.2 Å². The minimum Gasteiger partial charge on any atom is -0.491 e. The normalized spacial score (nSPS) is 15.3. The number of aromatic nitrogens is 3. The Morgan fingerprint density at radius 1 is 1.05 bits per heavy atom. The van der Waals surface area contributed by atoms with Gasteiger partial charge in [-0.2, -0.15) is 0 Å². The first-order valence-corrected chi connectivity index (χ1v) is 13.3. The third-order valence-corrected chi connectivity index (χ3v) is 8.13. The molecule has 196 valence electrons. The van der Waals surface area contributed by atoms with Crippen LogP contribution < -0.4 is 4.74 Å². The van der Waals surface area contributed by atoms with Crippen molar-refractivity contribution in [2.75, 3.05) is 20.3 Å². The molecule has 0 saturated carbocycles. The minimum absolute atomic E-state index is 0.489. The van der Waals surface area contributed by atoms with Gasteiger partial charge in [-0.25, -0.2) is 0 Å². The Bertz CT molecular complexity index is 1520. The van der Waals surface area contributed by atoms with Crippen LogP contribution in [-0.4, -0.2) is 51.9 Å². The van der Waals surface area contributed by atoms with Crippen molar-refractivity contribution >= 4 is 23.0 Å². The zero-order valence-electron chi connectivity index (χ0n) is 22.1. The number of ether oxygens (including phenoxy) is 2. The van der Waals surface area contributed by atoms with Gasteiger partial charge in [-0.05, 0) is 56.5 Å². The van der Waals surface area contributed by atoms with Crippen molar-refractivity contribution < 1.29 is 19.4 Å². The number of fused-ring (bicyclic) bond motifs is 3. The number of hydrogen-bond acceptors (Lipinski definition) is 7. The van der Waals surface area contributed by atoms with Gasteiger partial charge in [0.05, 0.1) is 18.2 Å². The Labute approximate surface area is 225 Å². The highest BCUT2D eigenvalue weighted by Gasteiger charge is 2.36. The van der Waals surface area contributed by atoms with Crippen molar-refractivity contribution in [2.45, 2.75) is 33.7 Å². The molecule has 0 aliphatic carbocycles. The number of aliphatic carboxylic acids is 1. The Morgan fingerprint density at radius 2 is 1.79 bits per heavy atom. The zero-order valence-corrected chi connectivity index (χ0v) is 22.9. The van der Waals surface area contributed by atoms with Gasteiger partial charge in [0.1, 0.15) is 29.2 Å². The standard InChI is InChI=1S/C29H30N4O4S/c1-16-18(3)38-28-24(16)26(30-25(17(2)29(34)35)27-32-31-19(4)33(27)28)21-11-9-20(10-12-21)22-7-6-8-23(15-22)37-14-13-36-5/h6-12,15,17,25H,13-14H2,1-5H3,(H,34,35)/t17?,25-/m0/s1. The fourth-order valence-corrected chi connectivity index (χ4v) is 5.86. The van der Waals surface area contributed by atoms with Crippen molar-refractivity contribution in [3.63, 3.8) is 0 Å². The molecule has 0 spiro atoms. The van der Waals surface area contributed by atoms with E-state index < -0.39 is 17.9 Å². The lowest BCUT2D eigenvalue weighted by Gasteiger charge is -2.16. The molecule has 1 N–H and O–H groups in total. The molecular weight excluding hydrogens is 500 g/mol. The molecule has 1 unspecified atom stereocenters. The third kappa shape index (κ3) is 4.63. The van der Waals surface area contributed by atoms with E-state index in [-0.39, 0.29) is 0 Å². The van der Waals surface area contributed by atoms with Gasteiger partial charge in [0.25, 0.3) is 0 Å². The van der Waals surface area contributed by atoms with Crippen LogP contribution in [0.2, 0.25) is 0 Å². The quantitative estimate of drug-likeness (QED) is 0.300. The van der Waals surface area contributed by atoms with Crippen LogP contribution in [0.4, 0.5) is 0 Å². The van der Waals surface area contributed by atoms with Crippen LogP contribution >= 0.6 is 11.3 Å². The van der Waals surface area contributed by atoms with Crippen molar-refractivity contribution in [1.29, 1.82) is 0 Å². The van der Waals surface area contributed by atoms with E-state index in [0.29, 0.717) is 24.9 Å². The summed E-state index contributed by atoms with van der Waals surface area (Å²) in [5.74, 6) is 0.352. The second-order valence-electron chi connectivity index (χ2n) is 9.40. The SMILES string of the molecule is COCCOc1cccc(-c2ccc(C3=N[C@@H](C(C)C(=O)O)c4nnc(C)n4-c4sc(C)c(C)c43)cc2)c1. The first kappa shape index (κ1) is 25.8. The fourth-order valence-electron chi connectivity index (χ4n) is 4.65. The number of methoxy groups -OCH3 is 1. The van der Waals surface area contributed by atoms with E-state index in [9.17, 15) is 9.90 Å². The largest absolute Gasteiger partial charge is 0.491 e. The van der Waals surface area contributed by atoms with Crippen LogP contribution in [0, 0.1) is 26.7 Å². The van der Waals surface area contributed by atoms with Gasteiger partial charge in [0.15, 0.2) is 5.82 Å². The lowest BCUT2D eigenvalue weighted by Crippen LogP contribution is -2.21. The van der Waals surface area contributed by atoms with E-state index in [1.165, 1.54) is 4.88 Å². The molecule has 0 fully saturated rings. The lowest BCUT2D eigenvalue weighted by atomic mass is 9.96. The molecular formula is C29H30N4O4S. The van der Waals surface area contributed by atoms with Gasteiger partial charge in [0, 0.05) is 23.1 Å². The molecule has 8 nitrogen and oxygen atoms in total. The summed E-state index contributed by atoms with van der Waals surface area (Å²) in [5, 5.41) is 19.5. The second-order valence-corrected chi connectivity index (χ2v) is 10.6. The average Bonchev–Trinajstić information content (AvgIpc) is 3.38. The van der Waals surface area contributed by atoms with E-state index in [1.807, 2.05) is 47.9 Å². The molecule has 1 aliphatic rings. The number of carboxylic acids is 1. The monoisotopic (exact) mass is 530 g/mol. The Kier molecular flexibility index (Phi) is 7.14. The minimum atomic E-state index is -0.925. The van der Waals surface area contributed by atoms with Gasteiger partial charge >= 0.3 is 5.97 Å². The summed E-state index contributed by atoms with van der Waals surface area (Å²) >= 11 is 1.65. The number of aliphatic imine (C=N–C) groups is 1. The van der Waals surface area contributed by atoms with Crippen molar-refractivity contribution in [3.05, 3.63) is 81.7 Å². The van der Waals surface area contributed by atoms with Crippen LogP contribution in [-0.2, 0) is 9.53 Å². The van der Waals surface area contributed by atoms with E-state index in [0.717, 1.165) is 44.3 Å². The lowest BCUT2D eigenvalue weighted by molar-refractivity contribution is -0.141. The van der Waals surface area contributed by atoms with Crippen LogP contribution in [0.3, 0.4) is 0 Å². The van der Waals surface area contributed by atoms with E-state index in [4.69, 9.17) is 14.5 Å². The molecule has 0 bridgehead atoms. The number of benzene rings is 2. The Balaban J connectivity index is 1.59. The number of carboxylic acid groups (broad SMARTS) is 1. The summed E-state index contributed by atoms with van der Waals surface area (Å²) < 4.78 is 12.8. The predicted octanol–water partition coefficient (Wildman–Crippen LogP) is 5.56. The first-order valence-electron chi connectivity index (χ1n) is 12.5. The average molecular weight is 531 g/mol. The highest BCUT2D eigenvalue weighted by atomic mass is 32.1. The maximum absolute atomic E-state index is 12.1. The number of aryl methyl sites for hydroxylation is 2. The highest BCUT2D eigenvalue weighted by molar-refractivity contribution is 7.15. The topological polar surface area (TPSA) is 98.8 Å². The van der Waals surface area contributed by atoms with Crippen molar-refractivity contribution in [3.8, 4) is 21.9 Å². The third-order valence-electron chi connectivity index (χ3n) is 6.93. The summed E-state index contributed by atoms with van der Waals surface area (Å²) in [6, 6.07) is 15.5. The molecule has 2 aromatic carbocycles. The molecule has 5 rings (SSSR count). The molecule has 0 radical (unpaired) electrons. The van der Waals surface area contributed by atoms with Crippen molar-refractivity contribution in [2.24, 2.45) is 10.9 Å². The zero-order chi connectivity index (χ0) is 27.0. The summed E-state index contributed by atoms with van der Waals surface area (Å²) in [5.41, 5.74) is 5.89. The summed E-state index contributed by atoms with van der Waals surface area (Å²) in [7, 11) is 1.65. The maximum atomic E-state index is 12.1. The molecule has 38 heavy (non-hydrogen) atoms. The van der Waals surface area contributed by atoms with Gasteiger partial charge in [-0.1, -0.05) is 36.4 Å². The molecule has 2 atom stereocenters. The molecule has 1 aliphatic heterocycles. The molecule has 0 amide bonds. The first-order chi connectivity index (χ1) is 18.3. The van der Waals surface area contributed by atoms with Crippen molar-refractivity contribution in [1.82, 2.24) is 14.8 Å². The highest BCUT2D eigenvalue weighted by Crippen LogP contribution is 2.40. The predicted molar refractivity (Wildman–Crippen MR) is 148 cm³/mol. The summed E-state index contributed by atoms with van der Waals surface area (Å²) in [6.07, 6.45) is 0. The van der Waals surface area contributed by atoms with Gasteiger partial charge < -0.3 is 14.6 Å².